The average Bonchev–Trinajstić information content (AvgIpc) is 3.03. The van der Waals surface area contributed by atoms with Crippen LogP contribution >= 0.6 is 0 Å². The number of amides is 2. The van der Waals surface area contributed by atoms with Gasteiger partial charge in [-0.3, -0.25) is 9.59 Å². The number of aromatic nitrogens is 1. The molecule has 0 unspecified atom stereocenters. The number of benzene rings is 1. The Hall–Kier alpha value is -2.83. The van der Waals surface area contributed by atoms with Crippen molar-refractivity contribution in [2.75, 3.05) is 19.7 Å². The standard InChI is InChI=1S/C17H19N3O4/c18-16(22)12-5-3-7-20(9-12)15(21)10-24-17(23)14-8-11-4-1-2-6-13(11)19-14/h1-2,4,6,8,12,19H,3,5,7,9-10H2,(H2,18,22)/t12-/m0/s1. The Morgan fingerprint density at radius 3 is 2.83 bits per heavy atom. The van der Waals surface area contributed by atoms with Gasteiger partial charge >= 0.3 is 5.97 Å². The smallest absolute Gasteiger partial charge is 0.355 e. The van der Waals surface area contributed by atoms with E-state index >= 15 is 0 Å². The zero-order valence-corrected chi connectivity index (χ0v) is 13.2. The molecule has 0 radical (unpaired) electrons. The van der Waals surface area contributed by atoms with Crippen LogP contribution in [0.5, 0.6) is 0 Å². The van der Waals surface area contributed by atoms with Crippen molar-refractivity contribution in [1.29, 1.82) is 0 Å². The molecular weight excluding hydrogens is 310 g/mol. The van der Waals surface area contributed by atoms with Gasteiger partial charge in [-0.1, -0.05) is 18.2 Å². The van der Waals surface area contributed by atoms with Gasteiger partial charge in [0.15, 0.2) is 6.61 Å². The Kier molecular flexibility index (Phi) is 4.50. The summed E-state index contributed by atoms with van der Waals surface area (Å²) in [5, 5.41) is 0.899. The molecule has 7 heteroatoms. The maximum Gasteiger partial charge on any atom is 0.355 e. The highest BCUT2D eigenvalue weighted by atomic mass is 16.5. The fourth-order valence-corrected chi connectivity index (χ4v) is 2.92. The van der Waals surface area contributed by atoms with E-state index in [2.05, 4.69) is 4.98 Å². The predicted molar refractivity (Wildman–Crippen MR) is 87.1 cm³/mol. The van der Waals surface area contributed by atoms with Gasteiger partial charge < -0.3 is 20.4 Å². The maximum absolute atomic E-state index is 12.2. The molecule has 7 nitrogen and oxygen atoms in total. The molecule has 0 bridgehead atoms. The number of esters is 1. The number of hydrogen-bond donors (Lipinski definition) is 2. The molecule has 24 heavy (non-hydrogen) atoms. The number of carbonyl (C=O) groups excluding carboxylic acids is 3. The van der Waals surface area contributed by atoms with Crippen molar-refractivity contribution >= 4 is 28.7 Å². The van der Waals surface area contributed by atoms with E-state index in [-0.39, 0.29) is 25.0 Å². The zero-order chi connectivity index (χ0) is 17.1. The SMILES string of the molecule is NC(=O)[C@H]1CCCN(C(=O)COC(=O)c2cc3ccccc3[nH]2)C1. The number of nitrogens with one attached hydrogen (secondary N) is 1. The number of carbonyl (C=O) groups is 3. The van der Waals surface area contributed by atoms with E-state index < -0.39 is 11.9 Å². The summed E-state index contributed by atoms with van der Waals surface area (Å²) in [7, 11) is 0. The Morgan fingerprint density at radius 1 is 1.29 bits per heavy atom. The van der Waals surface area contributed by atoms with E-state index in [1.807, 2.05) is 24.3 Å². The van der Waals surface area contributed by atoms with Crippen molar-refractivity contribution < 1.29 is 19.1 Å². The molecule has 126 valence electrons. The molecule has 0 spiro atoms. The molecule has 3 rings (SSSR count). The minimum Gasteiger partial charge on any atom is -0.451 e. The number of rotatable bonds is 4. The normalized spacial score (nSPS) is 17.7. The van der Waals surface area contributed by atoms with Gasteiger partial charge in [0, 0.05) is 24.0 Å². The molecule has 2 aromatic rings. The van der Waals surface area contributed by atoms with Gasteiger partial charge in [0.05, 0.1) is 5.92 Å². The molecule has 1 aliphatic heterocycles. The van der Waals surface area contributed by atoms with Crippen molar-refractivity contribution in [3.8, 4) is 0 Å². The van der Waals surface area contributed by atoms with Gasteiger partial charge in [0.25, 0.3) is 5.91 Å². The third kappa shape index (κ3) is 3.40. The highest BCUT2D eigenvalue weighted by molar-refractivity contribution is 5.95. The number of piperidine rings is 1. The van der Waals surface area contributed by atoms with E-state index in [1.165, 1.54) is 4.90 Å². The molecule has 3 N–H and O–H groups in total. The lowest BCUT2D eigenvalue weighted by Gasteiger charge is -2.30. The van der Waals surface area contributed by atoms with Crippen LogP contribution in [0.25, 0.3) is 10.9 Å². The molecule has 1 aromatic heterocycles. The molecule has 1 aromatic carbocycles. The van der Waals surface area contributed by atoms with Crippen molar-refractivity contribution in [3.63, 3.8) is 0 Å². The minimum absolute atomic E-state index is 0.290. The van der Waals surface area contributed by atoms with Crippen LogP contribution in [0.1, 0.15) is 23.3 Å². The molecule has 1 saturated heterocycles. The molecule has 1 atom stereocenters. The van der Waals surface area contributed by atoms with Crippen LogP contribution in [-0.4, -0.2) is 47.4 Å². The molecule has 1 aliphatic rings. The van der Waals surface area contributed by atoms with Crippen LogP contribution in [0.4, 0.5) is 0 Å². The van der Waals surface area contributed by atoms with Gasteiger partial charge in [-0.15, -0.1) is 0 Å². The average molecular weight is 329 g/mol. The van der Waals surface area contributed by atoms with E-state index in [1.54, 1.807) is 6.07 Å². The van der Waals surface area contributed by atoms with E-state index in [0.717, 1.165) is 17.3 Å². The largest absolute Gasteiger partial charge is 0.451 e. The molecule has 1 fully saturated rings. The van der Waals surface area contributed by atoms with Gasteiger partial charge in [-0.05, 0) is 25.0 Å². The number of aromatic amines is 1. The summed E-state index contributed by atoms with van der Waals surface area (Å²) >= 11 is 0. The first-order valence-electron chi connectivity index (χ1n) is 7.86. The topological polar surface area (TPSA) is 105 Å². The second-order valence-corrected chi connectivity index (χ2v) is 5.93. The van der Waals surface area contributed by atoms with Crippen LogP contribution < -0.4 is 5.73 Å². The molecule has 2 heterocycles. The Morgan fingerprint density at radius 2 is 2.08 bits per heavy atom. The molecule has 0 aliphatic carbocycles. The number of likely N-dealkylation sites (tertiary alicyclic amines) is 1. The third-order valence-corrected chi connectivity index (χ3v) is 4.25. The van der Waals surface area contributed by atoms with E-state index in [4.69, 9.17) is 10.5 Å². The number of H-pyrrole nitrogens is 1. The van der Waals surface area contributed by atoms with Crippen molar-refractivity contribution in [3.05, 3.63) is 36.0 Å². The summed E-state index contributed by atoms with van der Waals surface area (Å²) in [5.41, 5.74) is 6.43. The number of nitrogens with zero attached hydrogens (tertiary/aromatic N) is 1. The fraction of sp³-hybridized carbons (Fsp3) is 0.353. The van der Waals surface area contributed by atoms with Crippen molar-refractivity contribution in [2.45, 2.75) is 12.8 Å². The number of ether oxygens (including phenoxy) is 1. The predicted octanol–water partition coefficient (Wildman–Crippen LogP) is 1.05. The highest BCUT2D eigenvalue weighted by Gasteiger charge is 2.27. The number of fused-ring (bicyclic) bond motifs is 1. The monoisotopic (exact) mass is 329 g/mol. The summed E-state index contributed by atoms with van der Waals surface area (Å²) in [6, 6.07) is 9.16. The second-order valence-electron chi connectivity index (χ2n) is 5.93. The minimum atomic E-state index is -0.581. The van der Waals surface area contributed by atoms with Gasteiger partial charge in [0.1, 0.15) is 5.69 Å². The summed E-state index contributed by atoms with van der Waals surface area (Å²) in [5.74, 6) is -1.62. The summed E-state index contributed by atoms with van der Waals surface area (Å²) in [6.45, 7) is 0.490. The quantitative estimate of drug-likeness (QED) is 0.818. The summed E-state index contributed by atoms with van der Waals surface area (Å²) < 4.78 is 5.09. The second kappa shape index (κ2) is 6.74. The first-order chi connectivity index (χ1) is 11.5. The van der Waals surface area contributed by atoms with Crippen molar-refractivity contribution in [1.82, 2.24) is 9.88 Å². The highest BCUT2D eigenvalue weighted by Crippen LogP contribution is 2.17. The zero-order valence-electron chi connectivity index (χ0n) is 13.2. The lowest BCUT2D eigenvalue weighted by atomic mass is 9.97. The Labute approximate surface area is 138 Å². The van der Waals surface area contributed by atoms with E-state index in [0.29, 0.717) is 18.7 Å². The molecule has 0 saturated carbocycles. The Balaban J connectivity index is 1.57. The molecule has 2 amide bonds. The van der Waals surface area contributed by atoms with Gasteiger partial charge in [0.2, 0.25) is 5.91 Å². The number of nitrogens with two attached hydrogens (primary N) is 1. The maximum atomic E-state index is 12.2. The van der Waals surface area contributed by atoms with Crippen LogP contribution in [0.15, 0.2) is 30.3 Å². The molecular formula is C17H19N3O4. The number of para-hydroxylation sites is 1. The van der Waals surface area contributed by atoms with Crippen LogP contribution in [0, 0.1) is 5.92 Å². The van der Waals surface area contributed by atoms with Crippen LogP contribution in [0.3, 0.4) is 0 Å². The number of primary amides is 1. The number of hydrogen-bond acceptors (Lipinski definition) is 4. The summed E-state index contributed by atoms with van der Waals surface area (Å²) in [6.07, 6.45) is 1.41. The summed E-state index contributed by atoms with van der Waals surface area (Å²) in [4.78, 5) is 40.0. The third-order valence-electron chi connectivity index (χ3n) is 4.25. The lowest BCUT2D eigenvalue weighted by Crippen LogP contribution is -2.45. The van der Waals surface area contributed by atoms with Gasteiger partial charge in [-0.2, -0.15) is 0 Å². The van der Waals surface area contributed by atoms with Crippen LogP contribution in [-0.2, 0) is 14.3 Å². The van der Waals surface area contributed by atoms with Crippen molar-refractivity contribution in [2.24, 2.45) is 11.7 Å². The van der Waals surface area contributed by atoms with Gasteiger partial charge in [-0.25, -0.2) is 4.79 Å². The lowest BCUT2D eigenvalue weighted by molar-refractivity contribution is -0.137. The van der Waals surface area contributed by atoms with E-state index in [9.17, 15) is 14.4 Å². The first kappa shape index (κ1) is 16.0. The fourth-order valence-electron chi connectivity index (χ4n) is 2.92. The van der Waals surface area contributed by atoms with Crippen LogP contribution in [0.2, 0.25) is 0 Å². The Bertz CT molecular complexity index is 750. The first-order valence-corrected chi connectivity index (χ1v) is 7.86.